The number of ketones is 1. The number of carbonyl (C=O) groups is 4. The summed E-state index contributed by atoms with van der Waals surface area (Å²) >= 11 is 0. The third-order valence-electron chi connectivity index (χ3n) is 7.71. The molecule has 4 rings (SSSR count). The van der Waals surface area contributed by atoms with Crippen molar-refractivity contribution in [2.45, 2.75) is 70.1 Å². The van der Waals surface area contributed by atoms with Gasteiger partial charge in [-0.1, -0.05) is 56.5 Å². The van der Waals surface area contributed by atoms with Crippen LogP contribution >= 0.6 is 0 Å². The van der Waals surface area contributed by atoms with Gasteiger partial charge in [-0.2, -0.15) is 0 Å². The summed E-state index contributed by atoms with van der Waals surface area (Å²) in [5.41, 5.74) is -0.909. The van der Waals surface area contributed by atoms with Crippen LogP contribution in [0.5, 0.6) is 0 Å². The summed E-state index contributed by atoms with van der Waals surface area (Å²) in [6.07, 6.45) is 5.33. The first-order valence-electron chi connectivity index (χ1n) is 13.5. The van der Waals surface area contributed by atoms with E-state index in [0.29, 0.717) is 32.7 Å². The predicted molar refractivity (Wildman–Crippen MR) is 137 cm³/mol. The smallest absolute Gasteiger partial charge is 0.322 e. The van der Waals surface area contributed by atoms with Crippen molar-refractivity contribution < 1.29 is 23.9 Å². The highest BCUT2D eigenvalue weighted by molar-refractivity contribution is 6.00. The molecular formula is C27H39N5O5. The highest BCUT2D eigenvalue weighted by Crippen LogP contribution is 2.36. The van der Waals surface area contributed by atoms with Crippen LogP contribution in [-0.4, -0.2) is 78.1 Å². The molecular weight excluding hydrogens is 474 g/mol. The van der Waals surface area contributed by atoms with Gasteiger partial charge < -0.3 is 25.6 Å². The molecule has 2 heterocycles. The minimum absolute atomic E-state index is 0.0503. The Morgan fingerprint density at radius 1 is 0.973 bits per heavy atom. The van der Waals surface area contributed by atoms with Crippen molar-refractivity contribution >= 4 is 23.8 Å². The normalized spacial score (nSPS) is 24.4. The summed E-state index contributed by atoms with van der Waals surface area (Å²) in [6, 6.07) is 8.41. The zero-order valence-electron chi connectivity index (χ0n) is 21.7. The Morgan fingerprint density at radius 3 is 2.35 bits per heavy atom. The van der Waals surface area contributed by atoms with E-state index in [4.69, 9.17) is 4.74 Å². The maximum atomic E-state index is 14.1. The Labute approximate surface area is 218 Å². The van der Waals surface area contributed by atoms with Gasteiger partial charge in [-0.3, -0.25) is 14.5 Å². The van der Waals surface area contributed by atoms with E-state index in [2.05, 4.69) is 16.0 Å². The molecule has 1 saturated carbocycles. The molecule has 3 fully saturated rings. The van der Waals surface area contributed by atoms with Crippen LogP contribution in [0.25, 0.3) is 0 Å². The third kappa shape index (κ3) is 6.06. The predicted octanol–water partition coefficient (Wildman–Crippen LogP) is 2.38. The molecule has 2 unspecified atom stereocenters. The minimum Gasteiger partial charge on any atom is -0.378 e. The average Bonchev–Trinajstić information content (AvgIpc) is 3.32. The monoisotopic (exact) mass is 513 g/mol. The first-order valence-corrected chi connectivity index (χ1v) is 13.5. The van der Waals surface area contributed by atoms with Crippen molar-refractivity contribution in [3.63, 3.8) is 0 Å². The molecule has 10 heteroatoms. The Kier molecular flexibility index (Phi) is 9.02. The number of rotatable bonds is 7. The molecule has 10 nitrogen and oxygen atoms in total. The molecule has 3 aliphatic rings. The lowest BCUT2D eigenvalue weighted by Crippen LogP contribution is -2.73. The van der Waals surface area contributed by atoms with Gasteiger partial charge in [0.2, 0.25) is 5.66 Å². The highest BCUT2D eigenvalue weighted by atomic mass is 16.5. The van der Waals surface area contributed by atoms with Gasteiger partial charge >= 0.3 is 12.1 Å². The first-order chi connectivity index (χ1) is 18.0. The van der Waals surface area contributed by atoms with Crippen molar-refractivity contribution in [1.82, 2.24) is 25.8 Å². The van der Waals surface area contributed by atoms with E-state index in [1.807, 2.05) is 30.3 Å². The number of urea groups is 2. The van der Waals surface area contributed by atoms with Gasteiger partial charge in [-0.05, 0) is 24.8 Å². The van der Waals surface area contributed by atoms with Crippen LogP contribution in [0.1, 0.15) is 57.4 Å². The summed E-state index contributed by atoms with van der Waals surface area (Å²) in [5, 5.41) is 8.77. The molecule has 0 spiro atoms. The molecule has 1 aromatic rings. The number of morpholine rings is 1. The molecule has 37 heavy (non-hydrogen) atoms. The Morgan fingerprint density at radius 2 is 1.68 bits per heavy atom. The van der Waals surface area contributed by atoms with E-state index in [0.717, 1.165) is 37.7 Å². The SMILES string of the molecule is CCC(=O)C1CCN(C(=O)N2CCOCC2)C1(NC(=O)NCc1ccccc1)C(=O)NC1CCCCC1. The molecule has 1 aliphatic carbocycles. The van der Waals surface area contributed by atoms with Gasteiger partial charge in [0.05, 0.1) is 19.1 Å². The van der Waals surface area contributed by atoms with E-state index < -0.39 is 23.5 Å². The summed E-state index contributed by atoms with van der Waals surface area (Å²) in [6.45, 7) is 3.78. The zero-order chi connectivity index (χ0) is 26.3. The minimum atomic E-state index is -1.80. The van der Waals surface area contributed by atoms with Crippen LogP contribution in [0.15, 0.2) is 30.3 Å². The first kappa shape index (κ1) is 26.9. The van der Waals surface area contributed by atoms with Crippen molar-refractivity contribution in [2.24, 2.45) is 5.92 Å². The Balaban J connectivity index is 1.64. The maximum absolute atomic E-state index is 14.1. The lowest BCUT2D eigenvalue weighted by Gasteiger charge is -2.43. The molecule has 0 radical (unpaired) electrons. The van der Waals surface area contributed by atoms with E-state index in [-0.39, 0.29) is 37.4 Å². The van der Waals surface area contributed by atoms with Gasteiger partial charge in [0.25, 0.3) is 5.91 Å². The Bertz CT molecular complexity index is 961. The van der Waals surface area contributed by atoms with E-state index in [9.17, 15) is 19.2 Å². The number of Topliss-reactive ketones (excluding diaryl/α,β-unsaturated/α-hetero) is 1. The third-order valence-corrected chi connectivity index (χ3v) is 7.71. The van der Waals surface area contributed by atoms with Crippen LogP contribution < -0.4 is 16.0 Å². The van der Waals surface area contributed by atoms with Gasteiger partial charge in [0.1, 0.15) is 5.78 Å². The number of hydrogen-bond acceptors (Lipinski definition) is 5. The van der Waals surface area contributed by atoms with Crippen LogP contribution in [0.4, 0.5) is 9.59 Å². The zero-order valence-corrected chi connectivity index (χ0v) is 21.7. The molecule has 202 valence electrons. The fourth-order valence-electron chi connectivity index (χ4n) is 5.67. The van der Waals surface area contributed by atoms with Crippen LogP contribution in [0, 0.1) is 5.92 Å². The Hall–Kier alpha value is -3.14. The number of amides is 5. The van der Waals surface area contributed by atoms with Gasteiger partial charge in [0, 0.05) is 38.6 Å². The van der Waals surface area contributed by atoms with Crippen LogP contribution in [0.2, 0.25) is 0 Å². The summed E-state index contributed by atoms with van der Waals surface area (Å²) in [5.74, 6) is -1.48. The molecule has 5 amide bonds. The topological polar surface area (TPSA) is 120 Å². The quantitative estimate of drug-likeness (QED) is 0.517. The average molecular weight is 514 g/mol. The summed E-state index contributed by atoms with van der Waals surface area (Å²) in [7, 11) is 0. The summed E-state index contributed by atoms with van der Waals surface area (Å²) in [4.78, 5) is 57.4. The lowest BCUT2D eigenvalue weighted by atomic mass is 9.86. The van der Waals surface area contributed by atoms with E-state index >= 15 is 0 Å². The number of benzene rings is 1. The molecule has 0 aromatic heterocycles. The second kappa shape index (κ2) is 12.4. The number of nitrogens with one attached hydrogen (secondary N) is 3. The fourth-order valence-corrected chi connectivity index (χ4v) is 5.67. The summed E-state index contributed by atoms with van der Waals surface area (Å²) < 4.78 is 5.40. The molecule has 0 bridgehead atoms. The number of nitrogens with zero attached hydrogens (tertiary/aromatic N) is 2. The number of likely N-dealkylation sites (tertiary alicyclic amines) is 1. The van der Waals surface area contributed by atoms with Crippen molar-refractivity contribution in [3.05, 3.63) is 35.9 Å². The van der Waals surface area contributed by atoms with Gasteiger partial charge in [0.15, 0.2) is 0 Å². The highest BCUT2D eigenvalue weighted by Gasteiger charge is 2.60. The van der Waals surface area contributed by atoms with Crippen LogP contribution in [0.3, 0.4) is 0 Å². The number of ether oxygens (including phenoxy) is 1. The van der Waals surface area contributed by atoms with Crippen molar-refractivity contribution in [1.29, 1.82) is 0 Å². The van der Waals surface area contributed by atoms with Gasteiger partial charge in [-0.15, -0.1) is 0 Å². The van der Waals surface area contributed by atoms with Crippen molar-refractivity contribution in [3.8, 4) is 0 Å². The lowest BCUT2D eigenvalue weighted by molar-refractivity contribution is -0.141. The van der Waals surface area contributed by atoms with E-state index in [1.165, 1.54) is 4.90 Å². The second-order valence-corrected chi connectivity index (χ2v) is 10.1. The van der Waals surface area contributed by atoms with Crippen LogP contribution in [-0.2, 0) is 20.9 Å². The molecule has 2 aliphatic heterocycles. The fraction of sp³-hybridized carbons (Fsp3) is 0.630. The van der Waals surface area contributed by atoms with Gasteiger partial charge in [-0.25, -0.2) is 9.59 Å². The largest absolute Gasteiger partial charge is 0.378 e. The number of carbonyl (C=O) groups excluding carboxylic acids is 4. The molecule has 2 atom stereocenters. The molecule has 3 N–H and O–H groups in total. The second-order valence-electron chi connectivity index (χ2n) is 10.1. The maximum Gasteiger partial charge on any atom is 0.322 e. The number of hydrogen-bond donors (Lipinski definition) is 3. The standard InChI is InChI=1S/C27H39N5O5/c1-2-23(33)22-13-14-32(26(36)31-15-17-37-18-16-31)27(22,24(34)29-21-11-7-4-8-12-21)30-25(35)28-19-20-9-5-3-6-10-20/h3,5-6,9-10,21-22H,2,4,7-8,11-19H2,1H3,(H,29,34)(H2,28,30,35). The molecule has 2 saturated heterocycles. The van der Waals surface area contributed by atoms with E-state index in [1.54, 1.807) is 11.8 Å². The van der Waals surface area contributed by atoms with Crippen molar-refractivity contribution in [2.75, 3.05) is 32.8 Å². The molecule has 1 aromatic carbocycles.